The first-order chi connectivity index (χ1) is 14.3. The van der Waals surface area contributed by atoms with Gasteiger partial charge in [0.25, 0.3) is 0 Å². The van der Waals surface area contributed by atoms with Crippen LogP contribution < -0.4 is 5.32 Å². The Bertz CT molecular complexity index is 926. The van der Waals surface area contributed by atoms with Gasteiger partial charge in [-0.1, -0.05) is 60.7 Å². The van der Waals surface area contributed by atoms with Crippen molar-refractivity contribution in [3.8, 4) is 12.3 Å². The fraction of sp³-hybridized carbons (Fsp3) is 0.273. The first-order valence-electron chi connectivity index (χ1n) is 9.30. The van der Waals surface area contributed by atoms with Crippen molar-refractivity contribution in [3.63, 3.8) is 0 Å². The van der Waals surface area contributed by atoms with Gasteiger partial charge >= 0.3 is 12.1 Å². The standard InChI is InChI=1S/C22H24NO6P/c1-2-9-19(21(24)25)16-30(27,28)20(14-17-10-5-3-6-11-17)23-22(26)29-15-18-12-7-4-8-13-18/h1,3-8,10-13,19-20H,9,14-16H2,(H,23,26)(H,24,25)(H,27,28). The Morgan fingerprint density at radius 2 is 1.63 bits per heavy atom. The molecule has 3 unspecified atom stereocenters. The molecule has 158 valence electrons. The van der Waals surface area contributed by atoms with Gasteiger partial charge in [0, 0.05) is 19.0 Å². The average molecular weight is 429 g/mol. The van der Waals surface area contributed by atoms with Crippen molar-refractivity contribution in [3.05, 3.63) is 71.8 Å². The van der Waals surface area contributed by atoms with Gasteiger partial charge in [0.15, 0.2) is 0 Å². The van der Waals surface area contributed by atoms with Crippen LogP contribution in [0, 0.1) is 18.3 Å². The predicted octanol–water partition coefficient (Wildman–Crippen LogP) is 3.48. The zero-order valence-electron chi connectivity index (χ0n) is 16.3. The van der Waals surface area contributed by atoms with Gasteiger partial charge in [-0.25, -0.2) is 4.79 Å². The highest BCUT2D eigenvalue weighted by atomic mass is 31.2. The number of carbonyl (C=O) groups excluding carboxylic acids is 1. The van der Waals surface area contributed by atoms with Crippen LogP contribution in [-0.4, -0.2) is 34.0 Å². The van der Waals surface area contributed by atoms with Crippen LogP contribution in [0.25, 0.3) is 0 Å². The summed E-state index contributed by atoms with van der Waals surface area (Å²) in [6, 6.07) is 17.8. The van der Waals surface area contributed by atoms with Crippen molar-refractivity contribution in [2.24, 2.45) is 5.92 Å². The van der Waals surface area contributed by atoms with E-state index in [1.165, 1.54) is 0 Å². The maximum atomic E-state index is 13.1. The van der Waals surface area contributed by atoms with E-state index in [9.17, 15) is 24.2 Å². The smallest absolute Gasteiger partial charge is 0.408 e. The lowest BCUT2D eigenvalue weighted by molar-refractivity contribution is -0.140. The molecule has 0 aliphatic heterocycles. The third-order valence-electron chi connectivity index (χ3n) is 4.45. The number of alkyl carbamates (subject to hydrolysis) is 1. The summed E-state index contributed by atoms with van der Waals surface area (Å²) >= 11 is 0. The Balaban J connectivity index is 2.14. The number of carboxylic acids is 1. The number of amides is 1. The van der Waals surface area contributed by atoms with E-state index in [4.69, 9.17) is 11.2 Å². The van der Waals surface area contributed by atoms with Gasteiger partial charge in [0.1, 0.15) is 12.4 Å². The lowest BCUT2D eigenvalue weighted by Crippen LogP contribution is -2.38. The second-order valence-electron chi connectivity index (χ2n) is 6.79. The van der Waals surface area contributed by atoms with Crippen LogP contribution in [0.1, 0.15) is 17.5 Å². The van der Waals surface area contributed by atoms with Crippen LogP contribution in [0.5, 0.6) is 0 Å². The minimum atomic E-state index is -4.15. The van der Waals surface area contributed by atoms with Crippen LogP contribution in [0.15, 0.2) is 60.7 Å². The first kappa shape index (κ1) is 23.2. The molecule has 0 fully saturated rings. The molecule has 0 saturated carbocycles. The molecule has 0 bridgehead atoms. The summed E-state index contributed by atoms with van der Waals surface area (Å²) in [6.07, 6.45) is 3.63. The quantitative estimate of drug-likeness (QED) is 0.394. The molecule has 30 heavy (non-hydrogen) atoms. The van der Waals surface area contributed by atoms with E-state index >= 15 is 0 Å². The van der Waals surface area contributed by atoms with Gasteiger partial charge in [0.05, 0.1) is 5.92 Å². The second-order valence-corrected chi connectivity index (χ2v) is 9.29. The summed E-state index contributed by atoms with van der Waals surface area (Å²) in [4.78, 5) is 34.4. The van der Waals surface area contributed by atoms with E-state index in [0.717, 1.165) is 5.56 Å². The highest BCUT2D eigenvalue weighted by molar-refractivity contribution is 7.58. The topological polar surface area (TPSA) is 113 Å². The molecule has 3 atom stereocenters. The third kappa shape index (κ3) is 7.40. The number of hydrogen-bond acceptors (Lipinski definition) is 4. The zero-order valence-corrected chi connectivity index (χ0v) is 17.2. The molecule has 0 aromatic heterocycles. The van der Waals surface area contributed by atoms with Gasteiger partial charge in [-0.3, -0.25) is 9.36 Å². The Kier molecular flexibility index (Phi) is 8.67. The molecule has 0 aliphatic carbocycles. The van der Waals surface area contributed by atoms with Gasteiger partial charge in [-0.2, -0.15) is 0 Å². The van der Waals surface area contributed by atoms with E-state index in [-0.39, 0.29) is 19.4 Å². The number of hydrogen-bond donors (Lipinski definition) is 3. The van der Waals surface area contributed by atoms with Crippen molar-refractivity contribution in [2.45, 2.75) is 25.2 Å². The summed E-state index contributed by atoms with van der Waals surface area (Å²) < 4.78 is 18.2. The fourth-order valence-electron chi connectivity index (χ4n) is 2.85. The lowest BCUT2D eigenvalue weighted by Gasteiger charge is -2.26. The molecule has 2 aromatic carbocycles. The van der Waals surface area contributed by atoms with E-state index in [1.54, 1.807) is 54.6 Å². The number of carboxylic acid groups (broad SMARTS) is 1. The van der Waals surface area contributed by atoms with E-state index < -0.39 is 37.3 Å². The molecule has 0 saturated heterocycles. The lowest BCUT2D eigenvalue weighted by atomic mass is 10.1. The minimum Gasteiger partial charge on any atom is -0.481 e. The summed E-state index contributed by atoms with van der Waals surface area (Å²) in [6.45, 7) is -0.00466. The number of rotatable bonds is 10. The van der Waals surface area contributed by atoms with Crippen LogP contribution in [0.4, 0.5) is 4.79 Å². The molecule has 1 amide bonds. The molecule has 2 aromatic rings. The normalized spacial score (nSPS) is 14.5. The molecular weight excluding hydrogens is 405 g/mol. The van der Waals surface area contributed by atoms with Gasteiger partial charge in [0.2, 0.25) is 7.37 Å². The number of carbonyl (C=O) groups is 2. The first-order valence-corrected chi connectivity index (χ1v) is 11.2. The van der Waals surface area contributed by atoms with Crippen molar-refractivity contribution < 1.29 is 28.9 Å². The van der Waals surface area contributed by atoms with E-state index in [0.29, 0.717) is 5.56 Å². The van der Waals surface area contributed by atoms with Crippen LogP contribution in [-0.2, 0) is 27.1 Å². The molecule has 0 radical (unpaired) electrons. The second kappa shape index (κ2) is 11.2. The predicted molar refractivity (Wildman–Crippen MR) is 113 cm³/mol. The summed E-state index contributed by atoms with van der Waals surface area (Å²) in [5.74, 6) is -1.45. The Morgan fingerprint density at radius 3 is 2.17 bits per heavy atom. The highest BCUT2D eigenvalue weighted by Gasteiger charge is 2.37. The monoisotopic (exact) mass is 429 g/mol. The molecule has 7 nitrogen and oxygen atoms in total. The van der Waals surface area contributed by atoms with Crippen molar-refractivity contribution in [1.29, 1.82) is 0 Å². The maximum absolute atomic E-state index is 13.1. The minimum absolute atomic E-state index is 0.00466. The van der Waals surface area contributed by atoms with Crippen molar-refractivity contribution in [1.82, 2.24) is 5.32 Å². The van der Waals surface area contributed by atoms with E-state index in [1.807, 2.05) is 6.07 Å². The van der Waals surface area contributed by atoms with Gasteiger partial charge < -0.3 is 20.1 Å². The average Bonchev–Trinajstić information content (AvgIpc) is 2.73. The van der Waals surface area contributed by atoms with Gasteiger partial charge in [-0.05, 0) is 11.1 Å². The van der Waals surface area contributed by atoms with E-state index in [2.05, 4.69) is 11.2 Å². The molecule has 0 aliphatic rings. The molecular formula is C22H24NO6P. The number of ether oxygens (including phenoxy) is 1. The van der Waals surface area contributed by atoms with Crippen LogP contribution in [0.3, 0.4) is 0 Å². The summed E-state index contributed by atoms with van der Waals surface area (Å²) in [5.41, 5.74) is 1.48. The van der Waals surface area contributed by atoms with Gasteiger partial charge in [-0.15, -0.1) is 12.3 Å². The maximum Gasteiger partial charge on any atom is 0.408 e. The van der Waals surface area contributed by atoms with Crippen LogP contribution in [0.2, 0.25) is 0 Å². The largest absolute Gasteiger partial charge is 0.481 e. The zero-order chi connectivity index (χ0) is 22.0. The Morgan fingerprint density at radius 1 is 1.07 bits per heavy atom. The third-order valence-corrected chi connectivity index (χ3v) is 6.70. The number of nitrogens with one attached hydrogen (secondary N) is 1. The number of terminal acetylenes is 1. The Hall–Kier alpha value is -3.07. The van der Waals surface area contributed by atoms with Crippen LogP contribution >= 0.6 is 7.37 Å². The highest BCUT2D eigenvalue weighted by Crippen LogP contribution is 2.48. The SMILES string of the molecule is C#CCC(CP(=O)(O)C(Cc1ccccc1)NC(=O)OCc1ccccc1)C(=O)O. The molecule has 0 spiro atoms. The molecule has 3 N–H and O–H groups in total. The Labute approximate surface area is 175 Å². The molecule has 0 heterocycles. The summed E-state index contributed by atoms with van der Waals surface area (Å²) in [5, 5.41) is 11.7. The van der Waals surface area contributed by atoms with Crippen molar-refractivity contribution >= 4 is 19.4 Å². The number of aliphatic carboxylic acids is 1. The number of benzene rings is 2. The molecule has 2 rings (SSSR count). The molecule has 8 heteroatoms. The fourth-order valence-corrected chi connectivity index (χ4v) is 4.82. The van der Waals surface area contributed by atoms with Crippen molar-refractivity contribution in [2.75, 3.05) is 6.16 Å². The summed E-state index contributed by atoms with van der Waals surface area (Å²) in [7, 11) is -4.15.